The van der Waals surface area contributed by atoms with Crippen LogP contribution in [0.1, 0.15) is 29.8 Å². The van der Waals surface area contributed by atoms with Crippen LogP contribution in [-0.2, 0) is 0 Å². The lowest BCUT2D eigenvalue weighted by molar-refractivity contribution is 0.0927. The van der Waals surface area contributed by atoms with Gasteiger partial charge in [0.15, 0.2) is 0 Å². The third-order valence-electron chi connectivity index (χ3n) is 2.89. The van der Waals surface area contributed by atoms with Gasteiger partial charge in [-0.05, 0) is 30.5 Å². The van der Waals surface area contributed by atoms with E-state index in [2.05, 4.69) is 5.32 Å². The summed E-state index contributed by atoms with van der Waals surface area (Å²) in [5.41, 5.74) is 7.03. The summed E-state index contributed by atoms with van der Waals surface area (Å²) in [4.78, 5) is 12.1. The molecule has 0 heterocycles. The fourth-order valence-corrected chi connectivity index (χ4v) is 1.77. The van der Waals surface area contributed by atoms with E-state index < -0.39 is 0 Å². The van der Waals surface area contributed by atoms with Crippen LogP contribution in [0.25, 0.3) is 0 Å². The summed E-state index contributed by atoms with van der Waals surface area (Å²) < 4.78 is 0. The number of nitrogens with two attached hydrogens (primary N) is 1. The van der Waals surface area contributed by atoms with Crippen molar-refractivity contribution in [1.82, 2.24) is 5.32 Å². The minimum Gasteiger partial charge on any atom is -0.348 e. The van der Waals surface area contributed by atoms with Crippen molar-refractivity contribution in [2.75, 3.05) is 6.54 Å². The van der Waals surface area contributed by atoms with E-state index >= 15 is 0 Å². The van der Waals surface area contributed by atoms with Gasteiger partial charge in [-0.2, -0.15) is 0 Å². The van der Waals surface area contributed by atoms with Crippen LogP contribution in [0.15, 0.2) is 18.2 Å². The molecule has 1 unspecified atom stereocenters. The molecule has 17 heavy (non-hydrogen) atoms. The summed E-state index contributed by atoms with van der Waals surface area (Å²) in [7, 11) is 0. The molecule has 0 aliphatic rings. The van der Waals surface area contributed by atoms with Crippen molar-refractivity contribution in [2.45, 2.75) is 26.8 Å². The largest absolute Gasteiger partial charge is 0.348 e. The van der Waals surface area contributed by atoms with E-state index in [4.69, 9.17) is 17.3 Å². The van der Waals surface area contributed by atoms with E-state index in [1.165, 1.54) is 0 Å². The third-order valence-corrected chi connectivity index (χ3v) is 3.30. The third kappa shape index (κ3) is 3.45. The Morgan fingerprint density at radius 2 is 2.12 bits per heavy atom. The van der Waals surface area contributed by atoms with Crippen LogP contribution in [0.3, 0.4) is 0 Å². The van der Waals surface area contributed by atoms with Crippen molar-refractivity contribution in [1.29, 1.82) is 0 Å². The Kier molecular flexibility index (Phi) is 4.97. The number of rotatable bonds is 4. The Labute approximate surface area is 107 Å². The van der Waals surface area contributed by atoms with Crippen LogP contribution in [0.4, 0.5) is 0 Å². The van der Waals surface area contributed by atoms with Crippen LogP contribution < -0.4 is 11.1 Å². The maximum atomic E-state index is 12.1. The van der Waals surface area contributed by atoms with Crippen molar-refractivity contribution in [3.8, 4) is 0 Å². The second-order valence-electron chi connectivity index (χ2n) is 4.47. The Hall–Kier alpha value is -1.06. The molecule has 3 nitrogen and oxygen atoms in total. The number of hydrogen-bond donors (Lipinski definition) is 2. The average Bonchev–Trinajstić information content (AvgIpc) is 2.28. The smallest absolute Gasteiger partial charge is 0.251 e. The minimum absolute atomic E-state index is 0.0131. The molecule has 0 saturated carbocycles. The first-order valence-corrected chi connectivity index (χ1v) is 6.11. The van der Waals surface area contributed by atoms with Gasteiger partial charge in [-0.3, -0.25) is 4.79 Å². The van der Waals surface area contributed by atoms with Crippen LogP contribution in [0.2, 0.25) is 5.02 Å². The Balaban J connectivity index is 2.86. The highest BCUT2D eigenvalue weighted by Gasteiger charge is 2.17. The maximum Gasteiger partial charge on any atom is 0.251 e. The highest BCUT2D eigenvalue weighted by molar-refractivity contribution is 6.31. The topological polar surface area (TPSA) is 55.1 Å². The van der Waals surface area contributed by atoms with Crippen molar-refractivity contribution < 1.29 is 4.79 Å². The lowest BCUT2D eigenvalue weighted by Gasteiger charge is -2.21. The predicted octanol–water partition coefficient (Wildman–Crippen LogP) is 2.36. The van der Waals surface area contributed by atoms with Gasteiger partial charge in [-0.25, -0.2) is 0 Å². The molecule has 0 aliphatic carbocycles. The lowest BCUT2D eigenvalue weighted by Crippen LogP contribution is -2.43. The number of carbonyl (C=O) groups excluding carboxylic acids is 1. The van der Waals surface area contributed by atoms with E-state index in [9.17, 15) is 4.79 Å². The number of nitrogens with one attached hydrogen (secondary N) is 1. The molecular formula is C13H19ClN2O. The number of carbonyl (C=O) groups is 1. The molecule has 0 aromatic heterocycles. The quantitative estimate of drug-likeness (QED) is 0.867. The number of halogens is 1. The summed E-state index contributed by atoms with van der Waals surface area (Å²) >= 11 is 5.99. The monoisotopic (exact) mass is 254 g/mol. The summed E-state index contributed by atoms with van der Waals surface area (Å²) in [6.45, 7) is 6.33. The molecular weight excluding hydrogens is 236 g/mol. The minimum atomic E-state index is -0.117. The SMILES string of the molecule is Cc1c(Cl)cccc1C(=O)NC(CN)C(C)C. The second-order valence-corrected chi connectivity index (χ2v) is 4.88. The van der Waals surface area contributed by atoms with Gasteiger partial charge in [0.25, 0.3) is 5.91 Å². The molecule has 1 rings (SSSR count). The van der Waals surface area contributed by atoms with Crippen LogP contribution >= 0.6 is 11.6 Å². The number of hydrogen-bond acceptors (Lipinski definition) is 2. The zero-order valence-corrected chi connectivity index (χ0v) is 11.2. The fraction of sp³-hybridized carbons (Fsp3) is 0.462. The Morgan fingerprint density at radius 3 is 2.65 bits per heavy atom. The second kappa shape index (κ2) is 6.03. The first-order chi connectivity index (χ1) is 7.97. The van der Waals surface area contributed by atoms with Gasteiger partial charge in [0.2, 0.25) is 0 Å². The van der Waals surface area contributed by atoms with Gasteiger partial charge in [0.05, 0.1) is 0 Å². The van der Waals surface area contributed by atoms with Crippen molar-refractivity contribution >= 4 is 17.5 Å². The average molecular weight is 255 g/mol. The molecule has 1 aromatic carbocycles. The zero-order chi connectivity index (χ0) is 13.0. The van der Waals surface area contributed by atoms with Gasteiger partial charge < -0.3 is 11.1 Å². The zero-order valence-electron chi connectivity index (χ0n) is 10.5. The maximum absolute atomic E-state index is 12.1. The number of amides is 1. The van der Waals surface area contributed by atoms with Crippen LogP contribution in [0.5, 0.6) is 0 Å². The molecule has 4 heteroatoms. The highest BCUT2D eigenvalue weighted by Crippen LogP contribution is 2.18. The highest BCUT2D eigenvalue weighted by atomic mass is 35.5. The molecule has 1 aromatic rings. The first kappa shape index (κ1) is 14.0. The van der Waals surface area contributed by atoms with E-state index in [1.54, 1.807) is 18.2 Å². The van der Waals surface area contributed by atoms with Crippen molar-refractivity contribution in [3.05, 3.63) is 34.3 Å². The Bertz CT molecular complexity index is 404. The van der Waals surface area contributed by atoms with E-state index in [0.717, 1.165) is 5.56 Å². The molecule has 0 spiro atoms. The standard InChI is InChI=1S/C13H19ClN2O/c1-8(2)12(7-15)16-13(17)10-5-4-6-11(14)9(10)3/h4-6,8,12H,7,15H2,1-3H3,(H,16,17). The summed E-state index contributed by atoms with van der Waals surface area (Å²) in [5, 5.41) is 3.53. The summed E-state index contributed by atoms with van der Waals surface area (Å²) in [6, 6.07) is 5.30. The molecule has 0 bridgehead atoms. The normalized spacial score (nSPS) is 12.6. The van der Waals surface area contributed by atoms with Crippen molar-refractivity contribution in [2.24, 2.45) is 11.7 Å². The first-order valence-electron chi connectivity index (χ1n) is 5.73. The van der Waals surface area contributed by atoms with E-state index in [-0.39, 0.29) is 11.9 Å². The van der Waals surface area contributed by atoms with Crippen LogP contribution in [-0.4, -0.2) is 18.5 Å². The fourth-order valence-electron chi connectivity index (χ4n) is 1.60. The van der Waals surface area contributed by atoms with Gasteiger partial charge in [0, 0.05) is 23.2 Å². The molecule has 1 amide bonds. The molecule has 0 fully saturated rings. The van der Waals surface area contributed by atoms with Gasteiger partial charge >= 0.3 is 0 Å². The molecule has 0 saturated heterocycles. The van der Waals surface area contributed by atoms with E-state index in [0.29, 0.717) is 23.0 Å². The number of benzene rings is 1. The molecule has 3 N–H and O–H groups in total. The molecule has 94 valence electrons. The van der Waals surface area contributed by atoms with Gasteiger partial charge in [-0.1, -0.05) is 31.5 Å². The molecule has 1 atom stereocenters. The predicted molar refractivity (Wildman–Crippen MR) is 71.3 cm³/mol. The molecule has 0 aliphatic heterocycles. The Morgan fingerprint density at radius 1 is 1.47 bits per heavy atom. The van der Waals surface area contributed by atoms with E-state index in [1.807, 2.05) is 20.8 Å². The van der Waals surface area contributed by atoms with Crippen LogP contribution in [0, 0.1) is 12.8 Å². The summed E-state index contributed by atoms with van der Waals surface area (Å²) in [6.07, 6.45) is 0. The van der Waals surface area contributed by atoms with Gasteiger partial charge in [-0.15, -0.1) is 0 Å². The lowest BCUT2D eigenvalue weighted by atomic mass is 10.0. The molecule has 0 radical (unpaired) electrons. The van der Waals surface area contributed by atoms with Gasteiger partial charge in [0.1, 0.15) is 0 Å². The van der Waals surface area contributed by atoms with Crippen molar-refractivity contribution in [3.63, 3.8) is 0 Å². The summed E-state index contributed by atoms with van der Waals surface area (Å²) in [5.74, 6) is 0.192.